The fourth-order valence-corrected chi connectivity index (χ4v) is 1.54. The minimum Gasteiger partial charge on any atom is -0.480 e. The van der Waals surface area contributed by atoms with E-state index >= 15 is 0 Å². The molecule has 0 saturated carbocycles. The van der Waals surface area contributed by atoms with Gasteiger partial charge < -0.3 is 15.2 Å². The monoisotopic (exact) mass is 276 g/mol. The van der Waals surface area contributed by atoms with E-state index in [9.17, 15) is 9.59 Å². The summed E-state index contributed by atoms with van der Waals surface area (Å²) in [6.07, 6.45) is 0.151. The van der Waals surface area contributed by atoms with E-state index in [-0.39, 0.29) is 26.1 Å². The van der Waals surface area contributed by atoms with Gasteiger partial charge in [0, 0.05) is 6.42 Å². The van der Waals surface area contributed by atoms with E-state index in [0.717, 1.165) is 5.56 Å². The molecule has 0 aliphatic carbocycles. The smallest absolute Gasteiger partial charge is 0.326 e. The summed E-state index contributed by atoms with van der Waals surface area (Å²) in [7, 11) is 0. The number of rotatable bonds is 8. The molecule has 0 bridgehead atoms. The van der Waals surface area contributed by atoms with Gasteiger partial charge in [0.05, 0.1) is 12.7 Å². The predicted octanol–water partition coefficient (Wildman–Crippen LogP) is 1.08. The Balaban J connectivity index is 2.31. The predicted molar refractivity (Wildman–Crippen MR) is 70.5 cm³/mol. The standard InChI is InChI=1S/C14H16N2O4/c15-8-4-7-12(14(18)19)16-13(17)10-20-9-11-5-2-1-3-6-11/h1-3,5-6,12H,4,7,9-10H2,(H,16,17)(H,18,19)/t12-/m1/s1. The van der Waals surface area contributed by atoms with Crippen molar-refractivity contribution >= 4 is 11.9 Å². The van der Waals surface area contributed by atoms with Crippen LogP contribution in [0.4, 0.5) is 0 Å². The summed E-state index contributed by atoms with van der Waals surface area (Å²) >= 11 is 0. The van der Waals surface area contributed by atoms with Crippen LogP contribution in [0.15, 0.2) is 30.3 Å². The van der Waals surface area contributed by atoms with Gasteiger partial charge in [-0.05, 0) is 12.0 Å². The van der Waals surface area contributed by atoms with Crippen LogP contribution < -0.4 is 5.32 Å². The van der Waals surface area contributed by atoms with E-state index in [1.807, 2.05) is 36.4 Å². The minimum atomic E-state index is -1.16. The molecule has 1 atom stereocenters. The quantitative estimate of drug-likeness (QED) is 0.740. The number of carboxylic acid groups (broad SMARTS) is 1. The summed E-state index contributed by atoms with van der Waals surface area (Å²) in [5.74, 6) is -1.66. The third kappa shape index (κ3) is 5.98. The fourth-order valence-electron chi connectivity index (χ4n) is 1.54. The average Bonchev–Trinajstić information content (AvgIpc) is 2.44. The highest BCUT2D eigenvalue weighted by Crippen LogP contribution is 2.01. The van der Waals surface area contributed by atoms with Crippen molar-refractivity contribution < 1.29 is 19.4 Å². The Kier molecular flexibility index (Phi) is 6.79. The lowest BCUT2D eigenvalue weighted by Crippen LogP contribution is -2.42. The Bertz CT molecular complexity index is 482. The first-order chi connectivity index (χ1) is 9.63. The van der Waals surface area contributed by atoms with Gasteiger partial charge >= 0.3 is 5.97 Å². The number of nitrogens with one attached hydrogen (secondary N) is 1. The summed E-state index contributed by atoms with van der Waals surface area (Å²) in [6, 6.07) is 10.1. The molecule has 1 rings (SSSR count). The zero-order chi connectivity index (χ0) is 14.8. The van der Waals surface area contributed by atoms with Crippen molar-refractivity contribution in [3.63, 3.8) is 0 Å². The van der Waals surface area contributed by atoms with Crippen LogP contribution in [0.3, 0.4) is 0 Å². The largest absolute Gasteiger partial charge is 0.480 e. The Morgan fingerprint density at radius 2 is 2.05 bits per heavy atom. The molecule has 0 fully saturated rings. The Morgan fingerprint density at radius 3 is 2.65 bits per heavy atom. The van der Waals surface area contributed by atoms with E-state index in [1.165, 1.54) is 0 Å². The maximum absolute atomic E-state index is 11.5. The number of amides is 1. The molecule has 20 heavy (non-hydrogen) atoms. The number of carboxylic acids is 1. The number of hydrogen-bond donors (Lipinski definition) is 2. The second kappa shape index (κ2) is 8.67. The first-order valence-electron chi connectivity index (χ1n) is 6.14. The number of nitrogens with zero attached hydrogens (tertiary/aromatic N) is 1. The van der Waals surface area contributed by atoms with E-state index in [2.05, 4.69) is 5.32 Å². The molecule has 106 valence electrons. The van der Waals surface area contributed by atoms with Crippen LogP contribution in [0.25, 0.3) is 0 Å². The van der Waals surface area contributed by atoms with Crippen LogP contribution >= 0.6 is 0 Å². The number of hydrogen-bond acceptors (Lipinski definition) is 4. The molecule has 0 aliphatic rings. The summed E-state index contributed by atoms with van der Waals surface area (Å²) in [5, 5.41) is 19.6. The molecule has 0 unspecified atom stereocenters. The second-order valence-corrected chi connectivity index (χ2v) is 4.13. The first kappa shape index (κ1) is 15.7. The van der Waals surface area contributed by atoms with Crippen molar-refractivity contribution in [2.24, 2.45) is 0 Å². The number of benzene rings is 1. The minimum absolute atomic E-state index is 0.0715. The molecule has 6 heteroatoms. The van der Waals surface area contributed by atoms with Gasteiger partial charge in [-0.1, -0.05) is 30.3 Å². The van der Waals surface area contributed by atoms with Crippen LogP contribution in [-0.4, -0.2) is 29.6 Å². The van der Waals surface area contributed by atoms with Crippen molar-refractivity contribution in [1.29, 1.82) is 5.26 Å². The van der Waals surface area contributed by atoms with Crippen LogP contribution in [-0.2, 0) is 20.9 Å². The van der Waals surface area contributed by atoms with Crippen LogP contribution in [0.1, 0.15) is 18.4 Å². The van der Waals surface area contributed by atoms with Crippen molar-refractivity contribution in [2.45, 2.75) is 25.5 Å². The summed E-state index contributed by atoms with van der Waals surface area (Å²) in [6.45, 7) is 0.0649. The van der Waals surface area contributed by atoms with Gasteiger partial charge in [-0.3, -0.25) is 4.79 Å². The highest BCUT2D eigenvalue weighted by Gasteiger charge is 2.19. The lowest BCUT2D eigenvalue weighted by molar-refractivity contribution is -0.142. The number of nitriles is 1. The Hall–Kier alpha value is -2.39. The fraction of sp³-hybridized carbons (Fsp3) is 0.357. The zero-order valence-electron chi connectivity index (χ0n) is 10.9. The van der Waals surface area contributed by atoms with E-state index in [1.54, 1.807) is 0 Å². The van der Waals surface area contributed by atoms with Gasteiger partial charge in [-0.25, -0.2) is 4.79 Å². The number of carbonyl (C=O) groups excluding carboxylic acids is 1. The summed E-state index contributed by atoms with van der Waals surface area (Å²) < 4.78 is 5.20. The van der Waals surface area contributed by atoms with Gasteiger partial charge in [0.1, 0.15) is 12.6 Å². The van der Waals surface area contributed by atoms with Crippen LogP contribution in [0.5, 0.6) is 0 Å². The molecular formula is C14H16N2O4. The van der Waals surface area contributed by atoms with Gasteiger partial charge in [0.2, 0.25) is 5.91 Å². The summed E-state index contributed by atoms with van der Waals surface area (Å²) in [4.78, 5) is 22.4. The maximum atomic E-state index is 11.5. The molecule has 0 radical (unpaired) electrons. The lowest BCUT2D eigenvalue weighted by Gasteiger charge is -2.13. The second-order valence-electron chi connectivity index (χ2n) is 4.13. The molecule has 0 aliphatic heterocycles. The molecule has 0 aromatic heterocycles. The average molecular weight is 276 g/mol. The van der Waals surface area contributed by atoms with E-state index in [0.29, 0.717) is 0 Å². The molecule has 1 aromatic carbocycles. The molecule has 0 saturated heterocycles. The summed E-state index contributed by atoms with van der Waals surface area (Å²) in [5.41, 5.74) is 0.930. The molecule has 0 spiro atoms. The third-order valence-electron chi connectivity index (χ3n) is 2.52. The van der Waals surface area contributed by atoms with Crippen LogP contribution in [0.2, 0.25) is 0 Å². The zero-order valence-corrected chi connectivity index (χ0v) is 10.9. The number of carbonyl (C=O) groups is 2. The van der Waals surface area contributed by atoms with Crippen molar-refractivity contribution in [2.75, 3.05) is 6.61 Å². The molecule has 1 amide bonds. The molecular weight excluding hydrogens is 260 g/mol. The third-order valence-corrected chi connectivity index (χ3v) is 2.52. The topological polar surface area (TPSA) is 99.4 Å². The van der Waals surface area contributed by atoms with Crippen molar-refractivity contribution in [3.8, 4) is 6.07 Å². The maximum Gasteiger partial charge on any atom is 0.326 e. The number of ether oxygens (including phenoxy) is 1. The van der Waals surface area contributed by atoms with Gasteiger partial charge in [0.15, 0.2) is 0 Å². The Morgan fingerprint density at radius 1 is 1.35 bits per heavy atom. The van der Waals surface area contributed by atoms with E-state index in [4.69, 9.17) is 15.1 Å². The number of aliphatic carboxylic acids is 1. The lowest BCUT2D eigenvalue weighted by atomic mass is 10.1. The van der Waals surface area contributed by atoms with Gasteiger partial charge in [0.25, 0.3) is 0 Å². The SMILES string of the molecule is N#CCC[C@@H](NC(=O)COCc1ccccc1)C(=O)O. The molecule has 0 heterocycles. The van der Waals surface area contributed by atoms with Crippen LogP contribution in [0, 0.1) is 11.3 Å². The Labute approximate surface area is 117 Å². The van der Waals surface area contributed by atoms with Crippen molar-refractivity contribution in [3.05, 3.63) is 35.9 Å². The normalized spacial score (nSPS) is 11.3. The van der Waals surface area contributed by atoms with Gasteiger partial charge in [-0.15, -0.1) is 0 Å². The first-order valence-corrected chi connectivity index (χ1v) is 6.14. The van der Waals surface area contributed by atoms with Crippen molar-refractivity contribution in [1.82, 2.24) is 5.32 Å². The van der Waals surface area contributed by atoms with Gasteiger partial charge in [-0.2, -0.15) is 5.26 Å². The highest BCUT2D eigenvalue weighted by molar-refractivity contribution is 5.84. The highest BCUT2D eigenvalue weighted by atomic mass is 16.5. The molecule has 1 aromatic rings. The molecule has 2 N–H and O–H groups in total. The van der Waals surface area contributed by atoms with E-state index < -0.39 is 17.9 Å². The molecule has 6 nitrogen and oxygen atoms in total.